The number of ether oxygens (including phenoxy) is 1. The molecule has 2 N–H and O–H groups in total. The molecule has 1 amide bonds. The van der Waals surface area contributed by atoms with Gasteiger partial charge in [0.05, 0.1) is 12.5 Å². The quantitative estimate of drug-likeness (QED) is 0.783. The summed E-state index contributed by atoms with van der Waals surface area (Å²) >= 11 is 0. The molecule has 2 rings (SSSR count). The van der Waals surface area contributed by atoms with Crippen molar-refractivity contribution < 1.29 is 9.53 Å². The van der Waals surface area contributed by atoms with Gasteiger partial charge in [0.15, 0.2) is 0 Å². The number of amides is 1. The summed E-state index contributed by atoms with van der Waals surface area (Å²) in [5, 5.41) is 0. The fourth-order valence-corrected chi connectivity index (χ4v) is 2.85. The fraction of sp³-hybridized carbons (Fsp3) is 0.923. The Labute approximate surface area is 103 Å². The van der Waals surface area contributed by atoms with Crippen LogP contribution < -0.4 is 5.73 Å². The first-order valence-electron chi connectivity index (χ1n) is 6.80. The highest BCUT2D eigenvalue weighted by Gasteiger charge is 2.33. The van der Waals surface area contributed by atoms with Gasteiger partial charge >= 0.3 is 0 Å². The summed E-state index contributed by atoms with van der Waals surface area (Å²) in [4.78, 5) is 14.5. The molecule has 0 spiro atoms. The van der Waals surface area contributed by atoms with Crippen LogP contribution in [0.2, 0.25) is 0 Å². The van der Waals surface area contributed by atoms with Crippen molar-refractivity contribution in [1.29, 1.82) is 0 Å². The predicted octanol–water partition coefficient (Wildman–Crippen LogP) is 0.999. The van der Waals surface area contributed by atoms with E-state index in [2.05, 4.69) is 6.92 Å². The molecule has 0 aromatic rings. The molecule has 17 heavy (non-hydrogen) atoms. The SMILES string of the molecule is CC1CCC(CN)CN1C(=O)C1CCCOC1. The molecule has 0 radical (unpaired) electrons. The molecule has 2 aliphatic heterocycles. The summed E-state index contributed by atoms with van der Waals surface area (Å²) < 4.78 is 5.41. The molecule has 4 heteroatoms. The van der Waals surface area contributed by atoms with Crippen molar-refractivity contribution in [3.05, 3.63) is 0 Å². The van der Waals surface area contributed by atoms with Gasteiger partial charge in [0.2, 0.25) is 5.91 Å². The van der Waals surface area contributed by atoms with Crippen molar-refractivity contribution in [2.45, 2.75) is 38.6 Å². The van der Waals surface area contributed by atoms with Crippen LogP contribution in [-0.2, 0) is 9.53 Å². The lowest BCUT2D eigenvalue weighted by molar-refractivity contribution is -0.144. The first kappa shape index (κ1) is 12.8. The zero-order chi connectivity index (χ0) is 12.3. The van der Waals surface area contributed by atoms with Gasteiger partial charge in [-0.15, -0.1) is 0 Å². The van der Waals surface area contributed by atoms with Gasteiger partial charge < -0.3 is 15.4 Å². The van der Waals surface area contributed by atoms with E-state index >= 15 is 0 Å². The molecule has 0 aliphatic carbocycles. The third kappa shape index (κ3) is 2.99. The van der Waals surface area contributed by atoms with Crippen molar-refractivity contribution >= 4 is 5.91 Å². The molecule has 2 saturated heterocycles. The monoisotopic (exact) mass is 240 g/mol. The van der Waals surface area contributed by atoms with Crippen LogP contribution in [0.25, 0.3) is 0 Å². The van der Waals surface area contributed by atoms with Gasteiger partial charge in [0, 0.05) is 19.2 Å². The highest BCUT2D eigenvalue weighted by molar-refractivity contribution is 5.79. The van der Waals surface area contributed by atoms with Gasteiger partial charge in [0.25, 0.3) is 0 Å². The lowest BCUT2D eigenvalue weighted by Gasteiger charge is -2.40. The van der Waals surface area contributed by atoms with Crippen molar-refractivity contribution in [3.63, 3.8) is 0 Å². The van der Waals surface area contributed by atoms with Gasteiger partial charge in [-0.05, 0) is 45.1 Å². The van der Waals surface area contributed by atoms with E-state index in [0.29, 0.717) is 25.1 Å². The second kappa shape index (κ2) is 5.83. The second-order valence-corrected chi connectivity index (χ2v) is 5.43. The molecule has 3 unspecified atom stereocenters. The summed E-state index contributed by atoms with van der Waals surface area (Å²) in [6.45, 7) is 5.10. The summed E-state index contributed by atoms with van der Waals surface area (Å²) in [6, 6.07) is 0.368. The zero-order valence-corrected chi connectivity index (χ0v) is 10.7. The minimum Gasteiger partial charge on any atom is -0.381 e. The van der Waals surface area contributed by atoms with Crippen molar-refractivity contribution in [2.75, 3.05) is 26.3 Å². The number of carbonyl (C=O) groups is 1. The number of piperidine rings is 1. The Morgan fingerprint density at radius 3 is 2.88 bits per heavy atom. The van der Waals surface area contributed by atoms with Gasteiger partial charge in [-0.3, -0.25) is 4.79 Å². The molecule has 4 nitrogen and oxygen atoms in total. The smallest absolute Gasteiger partial charge is 0.228 e. The number of rotatable bonds is 2. The van der Waals surface area contributed by atoms with Gasteiger partial charge in [-0.1, -0.05) is 0 Å². The van der Waals surface area contributed by atoms with Crippen LogP contribution in [0.5, 0.6) is 0 Å². The zero-order valence-electron chi connectivity index (χ0n) is 10.7. The normalized spacial score (nSPS) is 34.7. The van der Waals surface area contributed by atoms with E-state index in [0.717, 1.165) is 38.8 Å². The van der Waals surface area contributed by atoms with Crippen LogP contribution in [0, 0.1) is 11.8 Å². The Morgan fingerprint density at radius 2 is 2.24 bits per heavy atom. The number of hydrogen-bond acceptors (Lipinski definition) is 3. The van der Waals surface area contributed by atoms with Crippen LogP contribution in [0.3, 0.4) is 0 Å². The predicted molar refractivity (Wildman–Crippen MR) is 66.5 cm³/mol. The second-order valence-electron chi connectivity index (χ2n) is 5.43. The Bertz CT molecular complexity index is 264. The molecule has 98 valence electrons. The van der Waals surface area contributed by atoms with E-state index < -0.39 is 0 Å². The van der Waals surface area contributed by atoms with Crippen molar-refractivity contribution in [3.8, 4) is 0 Å². The Hall–Kier alpha value is -0.610. The minimum atomic E-state index is 0.0859. The molecule has 0 aromatic carbocycles. The highest BCUT2D eigenvalue weighted by atomic mass is 16.5. The highest BCUT2D eigenvalue weighted by Crippen LogP contribution is 2.25. The van der Waals surface area contributed by atoms with Crippen molar-refractivity contribution in [1.82, 2.24) is 4.90 Å². The summed E-state index contributed by atoms with van der Waals surface area (Å²) in [7, 11) is 0. The molecule has 0 saturated carbocycles. The third-order valence-electron chi connectivity index (χ3n) is 4.11. The molecular formula is C13H24N2O2. The maximum Gasteiger partial charge on any atom is 0.228 e. The Balaban J connectivity index is 1.95. The third-order valence-corrected chi connectivity index (χ3v) is 4.11. The van der Waals surface area contributed by atoms with E-state index in [1.807, 2.05) is 4.90 Å². The Kier molecular flexibility index (Phi) is 4.40. The van der Waals surface area contributed by atoms with E-state index in [9.17, 15) is 4.79 Å². The maximum atomic E-state index is 12.4. The van der Waals surface area contributed by atoms with Gasteiger partial charge in [-0.25, -0.2) is 0 Å². The van der Waals surface area contributed by atoms with Crippen LogP contribution >= 0.6 is 0 Å². The number of carbonyl (C=O) groups excluding carboxylic acids is 1. The topological polar surface area (TPSA) is 55.6 Å². The standard InChI is InChI=1S/C13H24N2O2/c1-10-4-5-11(7-14)8-15(10)13(16)12-3-2-6-17-9-12/h10-12H,2-9,14H2,1H3. The van der Waals surface area contributed by atoms with Crippen LogP contribution in [-0.4, -0.2) is 43.2 Å². The van der Waals surface area contributed by atoms with Crippen molar-refractivity contribution in [2.24, 2.45) is 17.6 Å². The number of likely N-dealkylation sites (tertiary alicyclic amines) is 1. The maximum absolute atomic E-state index is 12.4. The summed E-state index contributed by atoms with van der Waals surface area (Å²) in [6.07, 6.45) is 4.23. The van der Waals surface area contributed by atoms with E-state index in [1.54, 1.807) is 0 Å². The lowest BCUT2D eigenvalue weighted by atomic mass is 9.91. The largest absolute Gasteiger partial charge is 0.381 e. The molecule has 3 atom stereocenters. The van der Waals surface area contributed by atoms with Gasteiger partial charge in [0.1, 0.15) is 0 Å². The first-order chi connectivity index (χ1) is 8.22. The molecule has 0 bridgehead atoms. The van der Waals surface area contributed by atoms with E-state index in [1.165, 1.54) is 0 Å². The Morgan fingerprint density at radius 1 is 1.41 bits per heavy atom. The number of nitrogens with zero attached hydrogens (tertiary/aromatic N) is 1. The van der Waals surface area contributed by atoms with Gasteiger partial charge in [-0.2, -0.15) is 0 Å². The molecular weight excluding hydrogens is 216 g/mol. The number of nitrogens with two attached hydrogens (primary N) is 1. The molecule has 2 aliphatic rings. The first-order valence-corrected chi connectivity index (χ1v) is 6.80. The van der Waals surface area contributed by atoms with E-state index in [4.69, 9.17) is 10.5 Å². The van der Waals surface area contributed by atoms with Crippen LogP contribution in [0.15, 0.2) is 0 Å². The molecule has 2 heterocycles. The average molecular weight is 240 g/mol. The fourth-order valence-electron chi connectivity index (χ4n) is 2.85. The summed E-state index contributed by atoms with van der Waals surface area (Å²) in [5.41, 5.74) is 5.73. The molecule has 0 aromatic heterocycles. The van der Waals surface area contributed by atoms with Crippen LogP contribution in [0.1, 0.15) is 32.6 Å². The minimum absolute atomic E-state index is 0.0859. The number of hydrogen-bond donors (Lipinski definition) is 1. The van der Waals surface area contributed by atoms with Crippen LogP contribution in [0.4, 0.5) is 0 Å². The summed E-state index contributed by atoms with van der Waals surface area (Å²) in [5.74, 6) is 0.859. The van der Waals surface area contributed by atoms with E-state index in [-0.39, 0.29) is 11.8 Å². The molecule has 2 fully saturated rings. The average Bonchev–Trinajstić information content (AvgIpc) is 2.39. The lowest BCUT2D eigenvalue weighted by Crippen LogP contribution is -2.50.